The number of nitrogens with zero attached hydrogens (tertiary/aromatic N) is 2. The lowest BCUT2D eigenvalue weighted by Crippen LogP contribution is -2.37. The Hall–Kier alpha value is -2.59. The summed E-state index contributed by atoms with van der Waals surface area (Å²) in [5.41, 5.74) is 2.94. The van der Waals surface area contributed by atoms with Crippen LogP contribution in [0.5, 0.6) is 0 Å². The molecular weight excluding hydrogens is 346 g/mol. The molecule has 0 fully saturated rings. The first-order chi connectivity index (χ1) is 12.5. The van der Waals surface area contributed by atoms with Crippen LogP contribution in [0, 0.1) is 5.92 Å². The molecule has 1 N–H and O–H groups in total. The van der Waals surface area contributed by atoms with E-state index in [4.69, 9.17) is 11.6 Å². The maximum absolute atomic E-state index is 12.9. The van der Waals surface area contributed by atoms with Gasteiger partial charge in [0.05, 0.1) is 11.4 Å². The molecule has 1 heterocycles. The molecule has 5 heteroatoms. The van der Waals surface area contributed by atoms with Crippen LogP contribution in [0.25, 0.3) is 16.9 Å². The Labute approximate surface area is 158 Å². The minimum absolute atomic E-state index is 0.0605. The second-order valence-corrected chi connectivity index (χ2v) is 7.12. The van der Waals surface area contributed by atoms with Crippen LogP contribution in [0.1, 0.15) is 31.3 Å². The first-order valence-electron chi connectivity index (χ1n) is 8.68. The van der Waals surface area contributed by atoms with E-state index < -0.39 is 0 Å². The number of benzene rings is 2. The van der Waals surface area contributed by atoms with Crippen LogP contribution in [0.4, 0.5) is 0 Å². The highest BCUT2D eigenvalue weighted by atomic mass is 35.5. The number of carbonyl (C=O) groups is 1. The number of hydrogen-bond donors (Lipinski definition) is 1. The molecule has 1 amide bonds. The van der Waals surface area contributed by atoms with E-state index in [1.165, 1.54) is 0 Å². The number of rotatable bonds is 5. The van der Waals surface area contributed by atoms with Crippen molar-refractivity contribution in [1.82, 2.24) is 15.1 Å². The molecule has 4 nitrogen and oxygen atoms in total. The zero-order valence-corrected chi connectivity index (χ0v) is 15.9. The summed E-state index contributed by atoms with van der Waals surface area (Å²) in [4.78, 5) is 12.9. The predicted octanol–water partition coefficient (Wildman–Crippen LogP) is 4.97. The van der Waals surface area contributed by atoms with E-state index >= 15 is 0 Å². The number of halogens is 1. The summed E-state index contributed by atoms with van der Waals surface area (Å²) in [5.74, 6) is 0.191. The van der Waals surface area contributed by atoms with Crippen molar-refractivity contribution in [2.75, 3.05) is 0 Å². The second-order valence-electron chi connectivity index (χ2n) is 6.68. The summed E-state index contributed by atoms with van der Waals surface area (Å²) in [6.07, 6.45) is 0. The lowest BCUT2D eigenvalue weighted by atomic mass is 10.1. The van der Waals surface area contributed by atoms with Crippen molar-refractivity contribution in [3.05, 3.63) is 71.4 Å². The van der Waals surface area contributed by atoms with E-state index in [0.29, 0.717) is 16.6 Å². The molecule has 0 aliphatic heterocycles. The third-order valence-corrected chi connectivity index (χ3v) is 4.66. The van der Waals surface area contributed by atoms with Crippen molar-refractivity contribution in [3.8, 4) is 16.9 Å². The summed E-state index contributed by atoms with van der Waals surface area (Å²) in [5, 5.41) is 8.31. The second kappa shape index (κ2) is 7.75. The van der Waals surface area contributed by atoms with Crippen LogP contribution in [0.3, 0.4) is 0 Å². The summed E-state index contributed by atoms with van der Waals surface area (Å²) >= 11 is 6.13. The lowest BCUT2D eigenvalue weighted by Gasteiger charge is -2.17. The van der Waals surface area contributed by atoms with Gasteiger partial charge in [0.1, 0.15) is 5.69 Å². The molecular formula is C21H22ClN3O. The summed E-state index contributed by atoms with van der Waals surface area (Å²) in [6, 6.07) is 19.0. The van der Waals surface area contributed by atoms with Crippen molar-refractivity contribution >= 4 is 17.5 Å². The van der Waals surface area contributed by atoms with Gasteiger partial charge in [0.2, 0.25) is 0 Å². The number of aromatic nitrogens is 2. The topological polar surface area (TPSA) is 46.9 Å². The fourth-order valence-corrected chi connectivity index (χ4v) is 2.73. The van der Waals surface area contributed by atoms with Gasteiger partial charge in [-0.05, 0) is 37.1 Å². The van der Waals surface area contributed by atoms with Crippen molar-refractivity contribution < 1.29 is 4.79 Å². The molecule has 1 aromatic heterocycles. The zero-order chi connectivity index (χ0) is 18.7. The Morgan fingerprint density at radius 3 is 2.42 bits per heavy atom. The van der Waals surface area contributed by atoms with Crippen molar-refractivity contribution in [2.45, 2.75) is 26.8 Å². The quantitative estimate of drug-likeness (QED) is 0.692. The smallest absolute Gasteiger partial charge is 0.270 e. The first-order valence-corrected chi connectivity index (χ1v) is 9.06. The average molecular weight is 368 g/mol. The first kappa shape index (κ1) is 18.2. The maximum atomic E-state index is 12.9. The molecule has 0 aliphatic rings. The van der Waals surface area contributed by atoms with Crippen LogP contribution in [-0.2, 0) is 0 Å². The molecule has 0 spiro atoms. The number of hydrogen-bond acceptors (Lipinski definition) is 2. The van der Waals surface area contributed by atoms with E-state index in [0.717, 1.165) is 16.9 Å². The van der Waals surface area contributed by atoms with E-state index in [1.54, 1.807) is 16.8 Å². The highest BCUT2D eigenvalue weighted by Crippen LogP contribution is 2.23. The maximum Gasteiger partial charge on any atom is 0.270 e. The largest absolute Gasteiger partial charge is 0.348 e. The normalized spacial score (nSPS) is 12.2. The highest BCUT2D eigenvalue weighted by Gasteiger charge is 2.20. The molecule has 1 atom stereocenters. The van der Waals surface area contributed by atoms with Gasteiger partial charge in [0.25, 0.3) is 5.91 Å². The fraction of sp³-hybridized carbons (Fsp3) is 0.238. The molecule has 0 radical (unpaired) electrons. The Morgan fingerprint density at radius 1 is 1.04 bits per heavy atom. The molecule has 0 aliphatic carbocycles. The predicted molar refractivity (Wildman–Crippen MR) is 106 cm³/mol. The van der Waals surface area contributed by atoms with Crippen LogP contribution >= 0.6 is 11.6 Å². The summed E-state index contributed by atoms with van der Waals surface area (Å²) < 4.78 is 1.65. The molecule has 3 aromatic rings. The van der Waals surface area contributed by atoms with Gasteiger partial charge >= 0.3 is 0 Å². The molecule has 0 bridgehead atoms. The van der Waals surface area contributed by atoms with Crippen LogP contribution in [0.15, 0.2) is 60.7 Å². The van der Waals surface area contributed by atoms with Crippen molar-refractivity contribution in [1.29, 1.82) is 0 Å². The molecule has 2 aromatic carbocycles. The van der Waals surface area contributed by atoms with Crippen LogP contribution in [-0.4, -0.2) is 21.7 Å². The average Bonchev–Trinajstić information content (AvgIpc) is 3.08. The van der Waals surface area contributed by atoms with Crippen LogP contribution in [0.2, 0.25) is 5.02 Å². The summed E-state index contributed by atoms with van der Waals surface area (Å²) in [6.45, 7) is 6.16. The number of carbonyl (C=O) groups excluding carboxylic acids is 1. The molecule has 0 saturated heterocycles. The Balaban J connectivity index is 2.06. The van der Waals surface area contributed by atoms with Gasteiger partial charge in [-0.15, -0.1) is 0 Å². The zero-order valence-electron chi connectivity index (χ0n) is 15.1. The lowest BCUT2D eigenvalue weighted by molar-refractivity contribution is 0.0922. The fourth-order valence-electron chi connectivity index (χ4n) is 2.54. The molecule has 26 heavy (non-hydrogen) atoms. The van der Waals surface area contributed by atoms with Crippen molar-refractivity contribution in [2.24, 2.45) is 5.92 Å². The van der Waals surface area contributed by atoms with Gasteiger partial charge in [-0.3, -0.25) is 4.79 Å². The van der Waals surface area contributed by atoms with Crippen LogP contribution < -0.4 is 5.32 Å². The standard InChI is InChI=1S/C21H22ClN3O/c1-14(2)15(3)23-21(26)20-13-19(16-8-5-4-6-9-16)24-25(20)18-11-7-10-17(22)12-18/h4-15H,1-3H3,(H,23,26). The van der Waals surface area contributed by atoms with Gasteiger partial charge in [0, 0.05) is 16.6 Å². The van der Waals surface area contributed by atoms with Gasteiger partial charge < -0.3 is 5.32 Å². The van der Waals surface area contributed by atoms with Crippen molar-refractivity contribution in [3.63, 3.8) is 0 Å². The number of nitrogens with one attached hydrogen (secondary N) is 1. The Kier molecular flexibility index (Phi) is 5.43. The number of amides is 1. The monoisotopic (exact) mass is 367 g/mol. The van der Waals surface area contributed by atoms with Gasteiger partial charge in [-0.25, -0.2) is 4.68 Å². The van der Waals surface area contributed by atoms with E-state index in [2.05, 4.69) is 24.3 Å². The van der Waals surface area contributed by atoms with E-state index in [1.807, 2.05) is 55.5 Å². The molecule has 134 valence electrons. The summed E-state index contributed by atoms with van der Waals surface area (Å²) in [7, 11) is 0. The molecule has 1 unspecified atom stereocenters. The highest BCUT2D eigenvalue weighted by molar-refractivity contribution is 6.30. The van der Waals surface area contributed by atoms with E-state index in [-0.39, 0.29) is 11.9 Å². The molecule has 0 saturated carbocycles. The third-order valence-electron chi connectivity index (χ3n) is 4.42. The third kappa shape index (κ3) is 3.97. The van der Waals surface area contributed by atoms with Gasteiger partial charge in [-0.2, -0.15) is 5.10 Å². The Bertz CT molecular complexity index is 903. The van der Waals surface area contributed by atoms with Gasteiger partial charge in [-0.1, -0.05) is 61.8 Å². The SMILES string of the molecule is CC(C)C(C)NC(=O)c1cc(-c2ccccc2)nn1-c1cccc(Cl)c1. The van der Waals surface area contributed by atoms with Gasteiger partial charge in [0.15, 0.2) is 0 Å². The molecule has 3 rings (SSSR count). The Morgan fingerprint density at radius 2 is 1.77 bits per heavy atom. The minimum Gasteiger partial charge on any atom is -0.348 e. The van der Waals surface area contributed by atoms with E-state index in [9.17, 15) is 4.79 Å². The minimum atomic E-state index is -0.152.